The first kappa shape index (κ1) is 11.2. The van der Waals surface area contributed by atoms with E-state index in [4.69, 9.17) is 9.84 Å². The zero-order valence-corrected chi connectivity index (χ0v) is 10.0. The SMILES string of the molecule is COCCn1c(C(=O)O)cc2sc(C)cc21. The summed E-state index contributed by atoms with van der Waals surface area (Å²) in [6, 6.07) is 3.74. The van der Waals surface area contributed by atoms with Crippen molar-refractivity contribution >= 4 is 27.5 Å². The molecule has 0 aromatic carbocycles. The summed E-state index contributed by atoms with van der Waals surface area (Å²) in [7, 11) is 1.61. The lowest BCUT2D eigenvalue weighted by Crippen LogP contribution is -2.11. The molecule has 2 aromatic heterocycles. The molecule has 0 saturated carbocycles. The Kier molecular flexibility index (Phi) is 2.98. The summed E-state index contributed by atoms with van der Waals surface area (Å²) in [6.45, 7) is 3.10. The molecule has 2 rings (SSSR count). The van der Waals surface area contributed by atoms with Crippen molar-refractivity contribution < 1.29 is 14.6 Å². The van der Waals surface area contributed by atoms with Crippen LogP contribution in [-0.2, 0) is 11.3 Å². The number of aromatic carboxylic acids is 1. The molecular weight excluding hydrogens is 226 g/mol. The lowest BCUT2D eigenvalue weighted by atomic mass is 10.4. The van der Waals surface area contributed by atoms with Crippen molar-refractivity contribution in [2.75, 3.05) is 13.7 Å². The third-order valence-corrected chi connectivity index (χ3v) is 3.44. The number of aryl methyl sites for hydroxylation is 1. The molecule has 0 saturated heterocycles. The molecule has 5 heteroatoms. The fourth-order valence-corrected chi connectivity index (χ4v) is 2.73. The van der Waals surface area contributed by atoms with Gasteiger partial charge in [-0.3, -0.25) is 0 Å². The van der Waals surface area contributed by atoms with Crippen LogP contribution in [0.3, 0.4) is 0 Å². The fourth-order valence-electron chi connectivity index (χ4n) is 1.77. The summed E-state index contributed by atoms with van der Waals surface area (Å²) in [5, 5.41) is 9.10. The molecule has 0 aliphatic rings. The van der Waals surface area contributed by atoms with Gasteiger partial charge in [-0.25, -0.2) is 4.79 Å². The van der Waals surface area contributed by atoms with Crippen molar-refractivity contribution in [2.24, 2.45) is 0 Å². The van der Waals surface area contributed by atoms with E-state index in [0.29, 0.717) is 18.8 Å². The third kappa shape index (κ3) is 1.83. The quantitative estimate of drug-likeness (QED) is 0.891. The average Bonchev–Trinajstić information content (AvgIpc) is 2.71. The number of fused-ring (bicyclic) bond motifs is 1. The Balaban J connectivity index is 2.52. The zero-order valence-electron chi connectivity index (χ0n) is 9.19. The summed E-state index contributed by atoms with van der Waals surface area (Å²) in [4.78, 5) is 12.3. The van der Waals surface area contributed by atoms with E-state index >= 15 is 0 Å². The van der Waals surface area contributed by atoms with Crippen molar-refractivity contribution in [1.82, 2.24) is 4.57 Å². The first-order valence-corrected chi connectivity index (χ1v) is 5.77. The number of carboxylic acid groups (broad SMARTS) is 1. The van der Waals surface area contributed by atoms with Crippen LogP contribution in [0, 0.1) is 6.92 Å². The number of thiophene rings is 1. The molecule has 0 aliphatic heterocycles. The molecule has 0 unspecified atom stereocenters. The van der Waals surface area contributed by atoms with Gasteiger partial charge in [0.15, 0.2) is 0 Å². The predicted octanol–water partition coefficient (Wildman–Crippen LogP) is 2.36. The number of ether oxygens (including phenoxy) is 1. The molecule has 0 spiro atoms. The zero-order chi connectivity index (χ0) is 11.7. The number of nitrogens with zero attached hydrogens (tertiary/aromatic N) is 1. The topological polar surface area (TPSA) is 51.5 Å². The van der Waals surface area contributed by atoms with Gasteiger partial charge in [-0.1, -0.05) is 0 Å². The van der Waals surface area contributed by atoms with Gasteiger partial charge in [0, 0.05) is 18.5 Å². The molecule has 86 valence electrons. The molecule has 16 heavy (non-hydrogen) atoms. The van der Waals surface area contributed by atoms with E-state index in [1.165, 1.54) is 4.88 Å². The van der Waals surface area contributed by atoms with E-state index in [9.17, 15) is 4.79 Å². The first-order valence-electron chi connectivity index (χ1n) is 4.95. The van der Waals surface area contributed by atoms with Crippen molar-refractivity contribution in [3.05, 3.63) is 22.7 Å². The van der Waals surface area contributed by atoms with Crippen LogP contribution < -0.4 is 0 Å². The average molecular weight is 239 g/mol. The van der Waals surface area contributed by atoms with Crippen molar-refractivity contribution in [2.45, 2.75) is 13.5 Å². The highest BCUT2D eigenvalue weighted by atomic mass is 32.1. The molecular formula is C11H13NO3S. The van der Waals surface area contributed by atoms with Gasteiger partial charge in [0.25, 0.3) is 0 Å². The molecule has 0 bridgehead atoms. The van der Waals surface area contributed by atoms with Crippen molar-refractivity contribution in [3.63, 3.8) is 0 Å². The molecule has 0 radical (unpaired) electrons. The predicted molar refractivity (Wildman–Crippen MR) is 63.4 cm³/mol. The molecule has 0 amide bonds. The minimum Gasteiger partial charge on any atom is -0.477 e. The van der Waals surface area contributed by atoms with Gasteiger partial charge < -0.3 is 14.4 Å². The van der Waals surface area contributed by atoms with Gasteiger partial charge in [-0.2, -0.15) is 0 Å². The Hall–Kier alpha value is -1.33. The molecule has 0 aliphatic carbocycles. The Morgan fingerprint density at radius 1 is 1.56 bits per heavy atom. The maximum Gasteiger partial charge on any atom is 0.352 e. The number of carboxylic acids is 1. The van der Waals surface area contributed by atoms with Gasteiger partial charge in [0.05, 0.1) is 16.8 Å². The largest absolute Gasteiger partial charge is 0.477 e. The number of hydrogen-bond acceptors (Lipinski definition) is 3. The Morgan fingerprint density at radius 2 is 2.31 bits per heavy atom. The summed E-state index contributed by atoms with van der Waals surface area (Å²) < 4.78 is 7.81. The normalized spacial score (nSPS) is 11.1. The number of rotatable bonds is 4. The number of methoxy groups -OCH3 is 1. The summed E-state index contributed by atoms with van der Waals surface area (Å²) >= 11 is 1.61. The molecule has 0 fully saturated rings. The lowest BCUT2D eigenvalue weighted by Gasteiger charge is -2.06. The fraction of sp³-hybridized carbons (Fsp3) is 0.364. The highest BCUT2D eigenvalue weighted by Crippen LogP contribution is 2.28. The highest BCUT2D eigenvalue weighted by molar-refractivity contribution is 7.19. The standard InChI is InChI=1S/C11H13NO3S/c1-7-5-8-10(16-7)6-9(11(13)14)12(8)3-4-15-2/h5-6H,3-4H2,1-2H3,(H,13,14). The smallest absolute Gasteiger partial charge is 0.352 e. The Morgan fingerprint density at radius 3 is 2.94 bits per heavy atom. The molecule has 1 N–H and O–H groups in total. The van der Waals surface area contributed by atoms with Crippen molar-refractivity contribution in [1.29, 1.82) is 0 Å². The van der Waals surface area contributed by atoms with Crippen LogP contribution in [0.4, 0.5) is 0 Å². The Bertz CT molecular complexity index is 527. The van der Waals surface area contributed by atoms with Gasteiger partial charge in [0.1, 0.15) is 5.69 Å². The van der Waals surface area contributed by atoms with Crippen LogP contribution in [0.25, 0.3) is 10.2 Å². The second kappa shape index (κ2) is 4.27. The molecule has 2 aromatic rings. The van der Waals surface area contributed by atoms with Crippen LogP contribution in [-0.4, -0.2) is 29.4 Å². The van der Waals surface area contributed by atoms with Gasteiger partial charge in [0.2, 0.25) is 0 Å². The van der Waals surface area contributed by atoms with E-state index < -0.39 is 5.97 Å². The summed E-state index contributed by atoms with van der Waals surface area (Å²) in [6.07, 6.45) is 0. The second-order valence-electron chi connectivity index (χ2n) is 3.59. The van der Waals surface area contributed by atoms with Crippen LogP contribution >= 0.6 is 11.3 Å². The number of carbonyl (C=O) groups is 1. The summed E-state index contributed by atoms with van der Waals surface area (Å²) in [5.74, 6) is -0.892. The number of aromatic nitrogens is 1. The summed E-state index contributed by atoms with van der Waals surface area (Å²) in [5.41, 5.74) is 1.32. The minimum atomic E-state index is -0.892. The van der Waals surface area contributed by atoms with Crippen LogP contribution in [0.2, 0.25) is 0 Å². The van der Waals surface area contributed by atoms with E-state index in [-0.39, 0.29) is 0 Å². The van der Waals surface area contributed by atoms with Crippen LogP contribution in [0.15, 0.2) is 12.1 Å². The maximum atomic E-state index is 11.1. The monoisotopic (exact) mass is 239 g/mol. The van der Waals surface area contributed by atoms with Gasteiger partial charge >= 0.3 is 5.97 Å². The number of hydrogen-bond donors (Lipinski definition) is 1. The van der Waals surface area contributed by atoms with Gasteiger partial charge in [-0.05, 0) is 19.1 Å². The van der Waals surface area contributed by atoms with Gasteiger partial charge in [-0.15, -0.1) is 11.3 Å². The molecule has 2 heterocycles. The molecule has 0 atom stereocenters. The lowest BCUT2D eigenvalue weighted by molar-refractivity contribution is 0.0683. The van der Waals surface area contributed by atoms with E-state index in [1.54, 1.807) is 29.1 Å². The molecule has 4 nitrogen and oxygen atoms in total. The maximum absolute atomic E-state index is 11.1. The van der Waals surface area contributed by atoms with Crippen LogP contribution in [0.5, 0.6) is 0 Å². The highest BCUT2D eigenvalue weighted by Gasteiger charge is 2.15. The second-order valence-corrected chi connectivity index (χ2v) is 4.87. The van der Waals surface area contributed by atoms with E-state index in [0.717, 1.165) is 10.2 Å². The third-order valence-electron chi connectivity index (χ3n) is 2.45. The first-order chi connectivity index (χ1) is 7.63. The van der Waals surface area contributed by atoms with E-state index in [1.807, 2.05) is 13.0 Å². The van der Waals surface area contributed by atoms with Crippen molar-refractivity contribution in [3.8, 4) is 0 Å². The minimum absolute atomic E-state index is 0.332. The Labute approximate surface area is 97.1 Å². The van der Waals surface area contributed by atoms with E-state index in [2.05, 4.69) is 0 Å². The van der Waals surface area contributed by atoms with Crippen LogP contribution in [0.1, 0.15) is 15.4 Å².